The minimum Gasteiger partial charge on any atom is -0.345 e. The number of aromatic nitrogens is 2. The van der Waals surface area contributed by atoms with Crippen molar-refractivity contribution >= 4 is 5.91 Å². The Kier molecular flexibility index (Phi) is 4.37. The van der Waals surface area contributed by atoms with E-state index in [1.807, 2.05) is 0 Å². The molecule has 0 saturated heterocycles. The zero-order chi connectivity index (χ0) is 17.1. The van der Waals surface area contributed by atoms with Crippen LogP contribution in [0.2, 0.25) is 0 Å². The first-order valence-corrected chi connectivity index (χ1v) is 7.40. The maximum absolute atomic E-state index is 13.8. The Bertz CT molecular complexity index is 845. The molecule has 6 heteroatoms. The van der Waals surface area contributed by atoms with E-state index in [1.54, 1.807) is 54.3 Å². The van der Waals surface area contributed by atoms with Gasteiger partial charge < -0.3 is 5.32 Å². The summed E-state index contributed by atoms with van der Waals surface area (Å²) >= 11 is 0. The van der Waals surface area contributed by atoms with E-state index in [0.717, 1.165) is 23.9 Å². The van der Waals surface area contributed by atoms with Crippen molar-refractivity contribution in [3.63, 3.8) is 0 Å². The van der Waals surface area contributed by atoms with Crippen molar-refractivity contribution in [2.24, 2.45) is 0 Å². The zero-order valence-corrected chi connectivity index (χ0v) is 12.9. The highest BCUT2D eigenvalue weighted by molar-refractivity contribution is 5.94. The summed E-state index contributed by atoms with van der Waals surface area (Å²) in [5.41, 5.74) is 1.35. The first-order valence-electron chi connectivity index (χ1n) is 7.40. The average Bonchev–Trinajstić information content (AvgIpc) is 3.11. The van der Waals surface area contributed by atoms with Gasteiger partial charge in [-0.1, -0.05) is 0 Å². The zero-order valence-electron chi connectivity index (χ0n) is 12.9. The lowest BCUT2D eigenvalue weighted by Gasteiger charge is -2.15. The molecular formula is C18H15F2N3O. The molecule has 1 aromatic heterocycles. The third kappa shape index (κ3) is 3.32. The Hall–Kier alpha value is -3.02. The third-order valence-electron chi connectivity index (χ3n) is 3.67. The topological polar surface area (TPSA) is 46.9 Å². The summed E-state index contributed by atoms with van der Waals surface area (Å²) in [7, 11) is 0. The molecule has 3 rings (SSSR count). The SMILES string of the molecule is CC(NC(=O)c1ccc(-n2cccn2)cc1)c1cc(F)ccc1F. The Morgan fingerprint density at radius 1 is 1.17 bits per heavy atom. The monoisotopic (exact) mass is 327 g/mol. The lowest BCUT2D eigenvalue weighted by molar-refractivity contribution is 0.0939. The van der Waals surface area contributed by atoms with E-state index in [1.165, 1.54) is 0 Å². The van der Waals surface area contributed by atoms with Crippen LogP contribution in [0.15, 0.2) is 60.9 Å². The number of carbonyl (C=O) groups is 1. The van der Waals surface area contributed by atoms with Crippen molar-refractivity contribution in [2.75, 3.05) is 0 Å². The molecule has 1 heterocycles. The van der Waals surface area contributed by atoms with Gasteiger partial charge in [0.2, 0.25) is 0 Å². The van der Waals surface area contributed by atoms with Gasteiger partial charge in [0.1, 0.15) is 11.6 Å². The summed E-state index contributed by atoms with van der Waals surface area (Å²) in [6, 6.07) is 11.1. The second kappa shape index (κ2) is 6.62. The molecule has 0 bridgehead atoms. The quantitative estimate of drug-likeness (QED) is 0.795. The van der Waals surface area contributed by atoms with Crippen LogP contribution in [-0.2, 0) is 0 Å². The summed E-state index contributed by atoms with van der Waals surface area (Å²) in [5.74, 6) is -1.47. The summed E-state index contributed by atoms with van der Waals surface area (Å²) < 4.78 is 28.7. The van der Waals surface area contributed by atoms with Crippen molar-refractivity contribution < 1.29 is 13.6 Å². The van der Waals surface area contributed by atoms with E-state index in [0.29, 0.717) is 5.56 Å². The largest absolute Gasteiger partial charge is 0.345 e. The van der Waals surface area contributed by atoms with Crippen LogP contribution >= 0.6 is 0 Å². The second-order valence-electron chi connectivity index (χ2n) is 5.36. The molecule has 0 fully saturated rings. The maximum Gasteiger partial charge on any atom is 0.251 e. The van der Waals surface area contributed by atoms with E-state index in [4.69, 9.17) is 0 Å². The van der Waals surface area contributed by atoms with Crippen LogP contribution < -0.4 is 5.32 Å². The van der Waals surface area contributed by atoms with Crippen molar-refractivity contribution in [2.45, 2.75) is 13.0 Å². The van der Waals surface area contributed by atoms with E-state index >= 15 is 0 Å². The summed E-state index contributed by atoms with van der Waals surface area (Å²) in [5, 5.41) is 6.77. The van der Waals surface area contributed by atoms with E-state index in [9.17, 15) is 13.6 Å². The molecule has 0 aliphatic heterocycles. The highest BCUT2D eigenvalue weighted by Crippen LogP contribution is 2.19. The van der Waals surface area contributed by atoms with Gasteiger partial charge in [-0.15, -0.1) is 0 Å². The van der Waals surface area contributed by atoms with Crippen molar-refractivity contribution in [1.82, 2.24) is 15.1 Å². The van der Waals surface area contributed by atoms with Crippen molar-refractivity contribution in [3.05, 3.63) is 83.7 Å². The highest BCUT2D eigenvalue weighted by atomic mass is 19.1. The fourth-order valence-corrected chi connectivity index (χ4v) is 2.39. The molecule has 122 valence electrons. The van der Waals surface area contributed by atoms with Gasteiger partial charge in [0, 0.05) is 23.5 Å². The molecule has 0 radical (unpaired) electrons. The standard InChI is InChI=1S/C18H15F2N3O/c1-12(16-11-14(19)5-8-17(16)20)22-18(24)13-3-6-15(7-4-13)23-10-2-9-21-23/h2-12H,1H3,(H,22,24). The summed E-state index contributed by atoms with van der Waals surface area (Å²) in [4.78, 5) is 12.3. The lowest BCUT2D eigenvalue weighted by Crippen LogP contribution is -2.27. The van der Waals surface area contributed by atoms with Gasteiger partial charge in [-0.25, -0.2) is 13.5 Å². The Morgan fingerprint density at radius 2 is 1.92 bits per heavy atom. The minimum atomic E-state index is -0.654. The van der Waals surface area contributed by atoms with E-state index < -0.39 is 17.7 Å². The number of benzene rings is 2. The van der Waals surface area contributed by atoms with Gasteiger partial charge >= 0.3 is 0 Å². The van der Waals surface area contributed by atoms with Gasteiger partial charge in [-0.05, 0) is 55.5 Å². The number of nitrogens with zero attached hydrogens (tertiary/aromatic N) is 2. The molecule has 0 aliphatic carbocycles. The molecule has 24 heavy (non-hydrogen) atoms. The number of hydrogen-bond donors (Lipinski definition) is 1. The fourth-order valence-electron chi connectivity index (χ4n) is 2.39. The number of nitrogens with one attached hydrogen (secondary N) is 1. The van der Waals surface area contributed by atoms with Gasteiger partial charge in [0.25, 0.3) is 5.91 Å². The van der Waals surface area contributed by atoms with Gasteiger partial charge in [-0.3, -0.25) is 4.79 Å². The van der Waals surface area contributed by atoms with Crippen LogP contribution in [-0.4, -0.2) is 15.7 Å². The summed E-state index contributed by atoms with van der Waals surface area (Å²) in [6.45, 7) is 1.61. The molecule has 1 unspecified atom stereocenters. The number of amides is 1. The lowest BCUT2D eigenvalue weighted by atomic mass is 10.1. The molecule has 3 aromatic rings. The van der Waals surface area contributed by atoms with Gasteiger partial charge in [-0.2, -0.15) is 5.10 Å². The van der Waals surface area contributed by atoms with Gasteiger partial charge in [0.05, 0.1) is 11.7 Å². The Balaban J connectivity index is 1.73. The molecule has 2 aromatic carbocycles. The molecule has 4 nitrogen and oxygen atoms in total. The second-order valence-corrected chi connectivity index (χ2v) is 5.36. The molecule has 1 atom stereocenters. The van der Waals surface area contributed by atoms with Crippen LogP contribution in [0.3, 0.4) is 0 Å². The van der Waals surface area contributed by atoms with E-state index in [2.05, 4.69) is 10.4 Å². The Labute approximate surface area is 137 Å². The molecular weight excluding hydrogens is 312 g/mol. The molecule has 1 N–H and O–H groups in total. The Morgan fingerprint density at radius 3 is 2.58 bits per heavy atom. The molecule has 1 amide bonds. The van der Waals surface area contributed by atoms with Crippen molar-refractivity contribution in [1.29, 1.82) is 0 Å². The number of hydrogen-bond acceptors (Lipinski definition) is 2. The summed E-state index contributed by atoms with van der Waals surface area (Å²) in [6.07, 6.45) is 3.46. The van der Waals surface area contributed by atoms with E-state index in [-0.39, 0.29) is 11.5 Å². The fraction of sp³-hybridized carbons (Fsp3) is 0.111. The van der Waals surface area contributed by atoms with Crippen LogP contribution in [0.1, 0.15) is 28.9 Å². The normalized spacial score (nSPS) is 12.0. The third-order valence-corrected chi connectivity index (χ3v) is 3.67. The number of rotatable bonds is 4. The average molecular weight is 327 g/mol. The van der Waals surface area contributed by atoms with Crippen LogP contribution in [0.5, 0.6) is 0 Å². The molecule has 0 aliphatic rings. The maximum atomic E-state index is 13.8. The number of carbonyl (C=O) groups excluding carboxylic acids is 1. The first-order chi connectivity index (χ1) is 11.5. The predicted molar refractivity (Wildman–Crippen MR) is 85.8 cm³/mol. The van der Waals surface area contributed by atoms with Crippen LogP contribution in [0.4, 0.5) is 8.78 Å². The minimum absolute atomic E-state index is 0.108. The first kappa shape index (κ1) is 15.9. The highest BCUT2D eigenvalue weighted by Gasteiger charge is 2.15. The predicted octanol–water partition coefficient (Wildman–Crippen LogP) is 3.64. The van der Waals surface area contributed by atoms with Gasteiger partial charge in [0.15, 0.2) is 0 Å². The van der Waals surface area contributed by atoms with Crippen LogP contribution in [0, 0.1) is 11.6 Å². The molecule has 0 spiro atoms. The number of halogens is 2. The van der Waals surface area contributed by atoms with Crippen molar-refractivity contribution in [3.8, 4) is 5.69 Å². The smallest absolute Gasteiger partial charge is 0.251 e. The molecule has 0 saturated carbocycles. The van der Waals surface area contributed by atoms with Crippen LogP contribution in [0.25, 0.3) is 5.69 Å².